The summed E-state index contributed by atoms with van der Waals surface area (Å²) in [7, 11) is 1.50. The van der Waals surface area contributed by atoms with Crippen LogP contribution < -0.4 is 4.74 Å². The molecule has 0 aliphatic heterocycles. The minimum absolute atomic E-state index is 0.194. The Labute approximate surface area is 145 Å². The summed E-state index contributed by atoms with van der Waals surface area (Å²) in [5.74, 6) is -0.557. The lowest BCUT2D eigenvalue weighted by Crippen LogP contribution is -2.06. The zero-order valence-electron chi connectivity index (χ0n) is 14.4. The molecule has 1 aromatic heterocycles. The van der Waals surface area contributed by atoms with E-state index in [2.05, 4.69) is 10.3 Å². The molecular weight excluding hydrogens is 318 g/mol. The number of nitrogens with zero attached hydrogens (tertiary/aromatic N) is 3. The van der Waals surface area contributed by atoms with Crippen LogP contribution in [0.5, 0.6) is 5.75 Å². The van der Waals surface area contributed by atoms with Crippen molar-refractivity contribution in [1.82, 2.24) is 15.0 Å². The molecule has 0 aliphatic carbocycles. The molecule has 0 amide bonds. The summed E-state index contributed by atoms with van der Waals surface area (Å²) in [6.45, 7) is 3.88. The number of carbonyl (C=O) groups is 1. The highest BCUT2D eigenvalue weighted by Gasteiger charge is 2.18. The van der Waals surface area contributed by atoms with Crippen LogP contribution in [-0.2, 0) is 6.42 Å². The maximum atomic E-state index is 11.5. The van der Waals surface area contributed by atoms with Gasteiger partial charge in [-0.3, -0.25) is 0 Å². The van der Waals surface area contributed by atoms with Crippen LogP contribution in [0.25, 0.3) is 5.69 Å². The Kier molecular flexibility index (Phi) is 4.52. The summed E-state index contributed by atoms with van der Waals surface area (Å²) >= 11 is 0. The standard InChI is InChI=1S/C19H19N3O3/c1-12-13(2)18(25-3)17(19(23)24)11-15(12)10-14-4-6-16(7-5-14)22-9-8-20-21-22/h4-9,11H,10H2,1-3H3,(H,23,24). The number of benzene rings is 2. The van der Waals surface area contributed by atoms with Gasteiger partial charge in [-0.05, 0) is 60.7 Å². The Balaban J connectivity index is 1.94. The van der Waals surface area contributed by atoms with Crippen molar-refractivity contribution in [1.29, 1.82) is 0 Å². The smallest absolute Gasteiger partial charge is 0.339 e. The van der Waals surface area contributed by atoms with Crippen LogP contribution in [0.1, 0.15) is 32.6 Å². The molecule has 0 saturated heterocycles. The molecule has 128 valence electrons. The zero-order chi connectivity index (χ0) is 18.0. The minimum atomic E-state index is -0.984. The summed E-state index contributed by atoms with van der Waals surface area (Å²) in [4.78, 5) is 11.5. The highest BCUT2D eigenvalue weighted by molar-refractivity contribution is 5.92. The Hall–Kier alpha value is -3.15. The molecule has 6 nitrogen and oxygen atoms in total. The first-order valence-electron chi connectivity index (χ1n) is 7.87. The van der Waals surface area contributed by atoms with Crippen molar-refractivity contribution < 1.29 is 14.6 Å². The van der Waals surface area contributed by atoms with Crippen LogP contribution in [0.15, 0.2) is 42.7 Å². The van der Waals surface area contributed by atoms with Gasteiger partial charge in [-0.15, -0.1) is 5.10 Å². The average Bonchev–Trinajstić information content (AvgIpc) is 3.14. The minimum Gasteiger partial charge on any atom is -0.496 e. The van der Waals surface area contributed by atoms with Crippen molar-refractivity contribution in [3.8, 4) is 11.4 Å². The van der Waals surface area contributed by atoms with Gasteiger partial charge < -0.3 is 9.84 Å². The van der Waals surface area contributed by atoms with E-state index in [0.717, 1.165) is 27.9 Å². The van der Waals surface area contributed by atoms with Crippen molar-refractivity contribution in [2.45, 2.75) is 20.3 Å². The lowest BCUT2D eigenvalue weighted by atomic mass is 9.93. The van der Waals surface area contributed by atoms with Crippen LogP contribution in [0.4, 0.5) is 0 Å². The van der Waals surface area contributed by atoms with E-state index in [1.165, 1.54) is 7.11 Å². The van der Waals surface area contributed by atoms with E-state index >= 15 is 0 Å². The molecule has 6 heteroatoms. The second-order valence-corrected chi connectivity index (χ2v) is 5.86. The molecule has 0 aliphatic rings. The first kappa shape index (κ1) is 16.7. The lowest BCUT2D eigenvalue weighted by molar-refractivity contribution is 0.0693. The van der Waals surface area contributed by atoms with E-state index in [0.29, 0.717) is 12.2 Å². The van der Waals surface area contributed by atoms with E-state index < -0.39 is 5.97 Å². The van der Waals surface area contributed by atoms with Gasteiger partial charge in [0.05, 0.1) is 25.2 Å². The quantitative estimate of drug-likeness (QED) is 0.774. The van der Waals surface area contributed by atoms with E-state index in [4.69, 9.17) is 4.74 Å². The third-order valence-electron chi connectivity index (χ3n) is 4.40. The Morgan fingerprint density at radius 2 is 1.92 bits per heavy atom. The van der Waals surface area contributed by atoms with Crippen LogP contribution in [0.3, 0.4) is 0 Å². The fraction of sp³-hybridized carbons (Fsp3) is 0.211. The topological polar surface area (TPSA) is 77.2 Å². The Morgan fingerprint density at radius 1 is 1.20 bits per heavy atom. The molecule has 0 bridgehead atoms. The molecule has 0 atom stereocenters. The molecule has 25 heavy (non-hydrogen) atoms. The maximum absolute atomic E-state index is 11.5. The highest BCUT2D eigenvalue weighted by atomic mass is 16.5. The largest absolute Gasteiger partial charge is 0.496 e. The summed E-state index contributed by atoms with van der Waals surface area (Å²) in [6, 6.07) is 9.66. The van der Waals surface area contributed by atoms with Gasteiger partial charge in [0, 0.05) is 0 Å². The molecule has 0 unspecified atom stereocenters. The molecule has 3 rings (SSSR count). The van der Waals surface area contributed by atoms with E-state index in [9.17, 15) is 9.90 Å². The normalized spacial score (nSPS) is 10.7. The number of aromatic carboxylic acids is 1. The zero-order valence-corrected chi connectivity index (χ0v) is 14.4. The number of carboxylic acid groups (broad SMARTS) is 1. The fourth-order valence-corrected chi connectivity index (χ4v) is 2.90. The van der Waals surface area contributed by atoms with Crippen molar-refractivity contribution >= 4 is 5.97 Å². The summed E-state index contributed by atoms with van der Waals surface area (Å²) < 4.78 is 6.97. The monoisotopic (exact) mass is 337 g/mol. The number of rotatable bonds is 5. The molecule has 0 fully saturated rings. The number of methoxy groups -OCH3 is 1. The Bertz CT molecular complexity index is 901. The molecule has 1 N–H and O–H groups in total. The SMILES string of the molecule is COc1c(C(=O)O)cc(Cc2ccc(-n3ccnn3)cc2)c(C)c1C. The molecular formula is C19H19N3O3. The van der Waals surface area contributed by atoms with Crippen LogP contribution in [-0.4, -0.2) is 33.2 Å². The number of hydrogen-bond donors (Lipinski definition) is 1. The third-order valence-corrected chi connectivity index (χ3v) is 4.40. The predicted molar refractivity (Wildman–Crippen MR) is 93.6 cm³/mol. The van der Waals surface area contributed by atoms with Crippen molar-refractivity contribution in [3.05, 3.63) is 70.5 Å². The van der Waals surface area contributed by atoms with Gasteiger partial charge in [0.15, 0.2) is 0 Å². The molecule has 1 heterocycles. The average molecular weight is 337 g/mol. The number of hydrogen-bond acceptors (Lipinski definition) is 4. The molecule has 0 radical (unpaired) electrons. The Morgan fingerprint density at radius 3 is 2.48 bits per heavy atom. The molecule has 3 aromatic rings. The fourth-order valence-electron chi connectivity index (χ4n) is 2.90. The molecule has 2 aromatic carbocycles. The number of ether oxygens (including phenoxy) is 1. The van der Waals surface area contributed by atoms with Gasteiger partial charge in [-0.2, -0.15) is 0 Å². The molecule has 0 saturated carbocycles. The second kappa shape index (κ2) is 6.76. The van der Waals surface area contributed by atoms with Crippen molar-refractivity contribution in [3.63, 3.8) is 0 Å². The van der Waals surface area contributed by atoms with Gasteiger partial charge >= 0.3 is 5.97 Å². The summed E-state index contributed by atoms with van der Waals surface area (Å²) in [5, 5.41) is 17.2. The van der Waals surface area contributed by atoms with Gasteiger partial charge in [0.25, 0.3) is 0 Å². The first-order chi connectivity index (χ1) is 12.0. The van der Waals surface area contributed by atoms with Gasteiger partial charge in [-0.25, -0.2) is 9.48 Å². The van der Waals surface area contributed by atoms with Gasteiger partial charge in [-0.1, -0.05) is 17.3 Å². The highest BCUT2D eigenvalue weighted by Crippen LogP contribution is 2.30. The first-order valence-corrected chi connectivity index (χ1v) is 7.87. The number of aromatic nitrogens is 3. The molecule has 0 spiro atoms. The third kappa shape index (κ3) is 3.24. The van der Waals surface area contributed by atoms with E-state index in [1.807, 2.05) is 38.1 Å². The van der Waals surface area contributed by atoms with Gasteiger partial charge in [0.2, 0.25) is 0 Å². The van der Waals surface area contributed by atoms with Crippen LogP contribution >= 0.6 is 0 Å². The van der Waals surface area contributed by atoms with Crippen LogP contribution in [0.2, 0.25) is 0 Å². The van der Waals surface area contributed by atoms with Crippen molar-refractivity contribution in [2.75, 3.05) is 7.11 Å². The summed E-state index contributed by atoms with van der Waals surface area (Å²) in [6.07, 6.45) is 4.06. The summed E-state index contributed by atoms with van der Waals surface area (Å²) in [5.41, 5.74) is 5.09. The maximum Gasteiger partial charge on any atom is 0.339 e. The van der Waals surface area contributed by atoms with E-state index in [-0.39, 0.29) is 5.56 Å². The van der Waals surface area contributed by atoms with Crippen molar-refractivity contribution in [2.24, 2.45) is 0 Å². The predicted octanol–water partition coefficient (Wildman–Crippen LogP) is 3.18. The lowest BCUT2D eigenvalue weighted by Gasteiger charge is -2.16. The van der Waals surface area contributed by atoms with Crippen LogP contribution in [0, 0.1) is 13.8 Å². The second-order valence-electron chi connectivity index (χ2n) is 5.86. The number of carboxylic acids is 1. The van der Waals surface area contributed by atoms with E-state index in [1.54, 1.807) is 23.1 Å². The van der Waals surface area contributed by atoms with Gasteiger partial charge in [0.1, 0.15) is 11.3 Å².